The summed E-state index contributed by atoms with van der Waals surface area (Å²) in [4.78, 5) is 0. The van der Waals surface area contributed by atoms with Gasteiger partial charge in [0.1, 0.15) is 0 Å². The van der Waals surface area contributed by atoms with E-state index in [1.54, 1.807) is 0 Å². The van der Waals surface area contributed by atoms with E-state index in [1.807, 2.05) is 0 Å². The van der Waals surface area contributed by atoms with Crippen LogP contribution in [-0.2, 0) is 0 Å². The third-order valence-corrected chi connectivity index (χ3v) is 15.9. The minimum atomic E-state index is -2.73. The summed E-state index contributed by atoms with van der Waals surface area (Å²) in [6.45, 7) is 0. The molecule has 0 N–H and O–H groups in total. The Morgan fingerprint density at radius 3 is 1.24 bits per heavy atom. The normalized spacial score (nSPS) is 12.6. The van der Waals surface area contributed by atoms with Crippen molar-refractivity contribution in [3.05, 3.63) is 223 Å². The van der Waals surface area contributed by atoms with Crippen molar-refractivity contribution in [1.29, 1.82) is 0 Å². The number of nitrogens with zero attached hydrogens (tertiary/aromatic N) is 1. The second-order valence-corrected chi connectivity index (χ2v) is 17.4. The number of fused-ring (bicyclic) bond motifs is 6. The average Bonchev–Trinajstić information content (AvgIpc) is 3.73. The molecule has 0 aliphatic heterocycles. The van der Waals surface area contributed by atoms with Crippen molar-refractivity contribution in [1.82, 2.24) is 4.57 Å². The van der Waals surface area contributed by atoms with Crippen LogP contribution < -0.4 is 20.7 Å². The molecule has 0 saturated heterocycles. The van der Waals surface area contributed by atoms with E-state index in [4.69, 9.17) is 0 Å². The molecule has 1 nitrogen and oxygen atoms in total. The van der Waals surface area contributed by atoms with Crippen molar-refractivity contribution >= 4 is 50.6 Å². The van der Waals surface area contributed by atoms with Crippen molar-refractivity contribution in [2.75, 3.05) is 0 Å². The van der Waals surface area contributed by atoms with Crippen LogP contribution >= 0.6 is 0 Å². The van der Waals surface area contributed by atoms with Gasteiger partial charge in [-0.3, -0.25) is 0 Å². The molecule has 0 amide bonds. The van der Waals surface area contributed by atoms with Crippen molar-refractivity contribution in [3.63, 3.8) is 0 Å². The van der Waals surface area contributed by atoms with Gasteiger partial charge in [0.15, 0.2) is 8.07 Å². The summed E-state index contributed by atoms with van der Waals surface area (Å²) in [5.74, 6) is 0.224. The molecule has 0 atom stereocenters. The van der Waals surface area contributed by atoms with E-state index in [9.17, 15) is 0 Å². The Hall–Kier alpha value is -6.22. The number of hydrogen-bond donors (Lipinski definition) is 0. The molecule has 9 aromatic rings. The highest BCUT2D eigenvalue weighted by molar-refractivity contribution is 7.19. The third kappa shape index (κ3) is 4.54. The molecular weight excluding hydrogens is 631 g/mol. The number of benzene rings is 8. The Morgan fingerprint density at radius 1 is 0.333 bits per heavy atom. The minimum absolute atomic E-state index is 0.224. The van der Waals surface area contributed by atoms with E-state index in [0.29, 0.717) is 0 Å². The van der Waals surface area contributed by atoms with Gasteiger partial charge in [0, 0.05) is 22.4 Å². The van der Waals surface area contributed by atoms with Crippen LogP contribution in [0.2, 0.25) is 0 Å². The van der Waals surface area contributed by atoms with E-state index in [0.717, 1.165) is 0 Å². The lowest BCUT2D eigenvalue weighted by Gasteiger charge is -2.35. The lowest BCUT2D eigenvalue weighted by molar-refractivity contribution is 1.02. The first-order chi connectivity index (χ1) is 25.3. The molecule has 51 heavy (non-hydrogen) atoms. The van der Waals surface area contributed by atoms with Crippen LogP contribution in [0.4, 0.5) is 0 Å². The predicted molar refractivity (Wildman–Crippen MR) is 217 cm³/mol. The highest BCUT2D eigenvalue weighted by Gasteiger charge is 2.41. The summed E-state index contributed by atoms with van der Waals surface area (Å²) in [6.07, 6.45) is 0. The molecular formula is C49H35NSi. The van der Waals surface area contributed by atoms with Gasteiger partial charge in [0.25, 0.3) is 0 Å². The summed E-state index contributed by atoms with van der Waals surface area (Å²) in [5, 5.41) is 8.07. The predicted octanol–water partition coefficient (Wildman–Crippen LogP) is 9.32. The van der Waals surface area contributed by atoms with E-state index < -0.39 is 8.07 Å². The Kier molecular flexibility index (Phi) is 6.97. The van der Waals surface area contributed by atoms with Gasteiger partial charge in [-0.05, 0) is 72.8 Å². The zero-order valence-electron chi connectivity index (χ0n) is 28.2. The average molecular weight is 666 g/mol. The van der Waals surface area contributed by atoms with Crippen LogP contribution in [0, 0.1) is 0 Å². The van der Waals surface area contributed by atoms with Gasteiger partial charge >= 0.3 is 0 Å². The fourth-order valence-electron chi connectivity index (χ4n) is 8.88. The Morgan fingerprint density at radius 2 is 0.725 bits per heavy atom. The highest BCUT2D eigenvalue weighted by Crippen LogP contribution is 2.47. The van der Waals surface area contributed by atoms with E-state index in [1.165, 1.54) is 76.1 Å². The number of hydrogen-bond acceptors (Lipinski definition) is 0. The van der Waals surface area contributed by atoms with Gasteiger partial charge in [-0.2, -0.15) is 0 Å². The maximum atomic E-state index is 2.44. The largest absolute Gasteiger partial charge is 0.309 e. The smallest absolute Gasteiger partial charge is 0.179 e. The van der Waals surface area contributed by atoms with Crippen molar-refractivity contribution in [2.24, 2.45) is 0 Å². The van der Waals surface area contributed by atoms with Crippen molar-refractivity contribution in [3.8, 4) is 16.8 Å². The Balaban J connectivity index is 1.16. The lowest BCUT2D eigenvalue weighted by Crippen LogP contribution is -2.74. The number of aromatic nitrogens is 1. The van der Waals surface area contributed by atoms with Gasteiger partial charge < -0.3 is 4.57 Å². The molecule has 0 radical (unpaired) electrons. The maximum Gasteiger partial charge on any atom is 0.179 e. The second-order valence-electron chi connectivity index (χ2n) is 13.6. The Bertz CT molecular complexity index is 2530. The summed E-state index contributed by atoms with van der Waals surface area (Å²) in [7, 11) is -2.73. The number of rotatable bonds is 6. The topological polar surface area (TPSA) is 4.93 Å². The molecule has 1 aromatic heterocycles. The van der Waals surface area contributed by atoms with E-state index in [2.05, 4.69) is 211 Å². The quantitative estimate of drug-likeness (QED) is 0.123. The molecule has 10 rings (SSSR count). The van der Waals surface area contributed by atoms with E-state index >= 15 is 0 Å². The van der Waals surface area contributed by atoms with Gasteiger partial charge in [-0.15, -0.1) is 0 Å². The maximum absolute atomic E-state index is 2.73. The van der Waals surface area contributed by atoms with Crippen LogP contribution in [-0.4, -0.2) is 12.6 Å². The molecule has 0 saturated carbocycles. The molecule has 1 aliphatic carbocycles. The first kappa shape index (κ1) is 29.7. The summed E-state index contributed by atoms with van der Waals surface area (Å²) in [6, 6.07) is 76.9. The van der Waals surface area contributed by atoms with Crippen LogP contribution in [0.15, 0.2) is 206 Å². The SMILES string of the molecule is c1ccc([Si](c2ccccc2)(c2ccc(C3c4ccccc4-c4ccccc43)cc2)c2ccc(-n3c4ccccc4c4ccccc43)cc2)cc1. The third-order valence-electron chi connectivity index (χ3n) is 11.1. The fraction of sp³-hybridized carbons (Fsp3) is 0.0204. The minimum Gasteiger partial charge on any atom is -0.309 e. The second kappa shape index (κ2) is 12.0. The molecule has 0 bridgehead atoms. The van der Waals surface area contributed by atoms with Gasteiger partial charge in [-0.25, -0.2) is 0 Å². The molecule has 0 fully saturated rings. The van der Waals surface area contributed by atoms with Crippen LogP contribution in [0.25, 0.3) is 38.6 Å². The molecule has 0 spiro atoms. The molecule has 240 valence electrons. The van der Waals surface area contributed by atoms with Gasteiger partial charge in [-0.1, -0.05) is 182 Å². The molecule has 0 unspecified atom stereocenters. The van der Waals surface area contributed by atoms with Crippen LogP contribution in [0.3, 0.4) is 0 Å². The van der Waals surface area contributed by atoms with Crippen LogP contribution in [0.5, 0.6) is 0 Å². The summed E-state index contributed by atoms with van der Waals surface area (Å²) >= 11 is 0. The molecule has 8 aromatic carbocycles. The first-order valence-corrected chi connectivity index (χ1v) is 19.8. The van der Waals surface area contributed by atoms with Gasteiger partial charge in [0.2, 0.25) is 0 Å². The summed E-state index contributed by atoms with van der Waals surface area (Å²) in [5.41, 5.74) is 10.4. The van der Waals surface area contributed by atoms with E-state index in [-0.39, 0.29) is 5.92 Å². The zero-order chi connectivity index (χ0) is 33.8. The standard InChI is InChI=1S/C49H35NSi/c1-3-15-37(16-4-1)51(38-17-5-2-6-18-38,39-31-27-35(28-32-39)49-45-23-9-7-19-41(45)42-20-8-10-24-46(42)49)40-33-29-36(30-34-40)50-47-25-13-11-21-43(47)44-22-12-14-26-48(44)50/h1-34,49H. The first-order valence-electron chi connectivity index (χ1n) is 17.8. The van der Waals surface area contributed by atoms with Crippen molar-refractivity contribution in [2.45, 2.75) is 5.92 Å². The summed E-state index contributed by atoms with van der Waals surface area (Å²) < 4.78 is 2.41. The lowest BCUT2D eigenvalue weighted by atomic mass is 9.89. The molecule has 1 aliphatic rings. The van der Waals surface area contributed by atoms with Crippen molar-refractivity contribution < 1.29 is 0 Å². The van der Waals surface area contributed by atoms with Crippen LogP contribution in [0.1, 0.15) is 22.6 Å². The fourth-order valence-corrected chi connectivity index (χ4v) is 13.6. The highest BCUT2D eigenvalue weighted by atomic mass is 28.3. The zero-order valence-corrected chi connectivity index (χ0v) is 29.2. The monoisotopic (exact) mass is 665 g/mol. The Labute approximate surface area is 299 Å². The van der Waals surface area contributed by atoms with Gasteiger partial charge in [0.05, 0.1) is 11.0 Å². The molecule has 2 heteroatoms. The number of para-hydroxylation sites is 2. The molecule has 1 heterocycles.